The van der Waals surface area contributed by atoms with Crippen molar-refractivity contribution in [2.45, 2.75) is 12.7 Å². The number of hydrogen-bond donors (Lipinski definition) is 2. The van der Waals surface area contributed by atoms with E-state index in [1.807, 2.05) is 10.6 Å². The van der Waals surface area contributed by atoms with Gasteiger partial charge >= 0.3 is 6.18 Å². The molecule has 1 aromatic carbocycles. The van der Waals surface area contributed by atoms with E-state index in [9.17, 15) is 13.2 Å². The Balaban J connectivity index is 1.72. The maximum absolute atomic E-state index is 13.2. The monoisotopic (exact) mass is 417 g/mol. The third-order valence-corrected chi connectivity index (χ3v) is 4.49. The van der Waals surface area contributed by atoms with E-state index in [4.69, 9.17) is 9.15 Å². The van der Waals surface area contributed by atoms with E-state index in [1.54, 1.807) is 31.6 Å². The van der Waals surface area contributed by atoms with Gasteiger partial charge in [0, 0.05) is 24.9 Å². The van der Waals surface area contributed by atoms with E-state index < -0.39 is 11.7 Å². The van der Waals surface area contributed by atoms with Gasteiger partial charge in [0.1, 0.15) is 22.8 Å². The molecule has 0 amide bonds. The van der Waals surface area contributed by atoms with Crippen molar-refractivity contribution in [1.29, 1.82) is 0 Å². The Morgan fingerprint density at radius 2 is 2.03 bits per heavy atom. The van der Waals surface area contributed by atoms with Crippen LogP contribution < -0.4 is 15.4 Å². The Labute approximate surface area is 169 Å². The molecular formula is C20H18F3N5O2. The summed E-state index contributed by atoms with van der Waals surface area (Å²) in [7, 11) is 3.07. The standard InChI is InChI=1S/C20H18F3N5O2/c1-24-19-27-16-10-25-18(9-17(16)28(19)11-14-4-3-5-30-14)26-13-6-12(20(21,22)23)7-15(8-13)29-2/h3-10H,11H2,1-2H3,(H,24,27)(H,25,26). The number of rotatable bonds is 6. The summed E-state index contributed by atoms with van der Waals surface area (Å²) in [6, 6.07) is 8.79. The molecule has 0 spiro atoms. The number of nitrogens with one attached hydrogen (secondary N) is 2. The quantitative estimate of drug-likeness (QED) is 0.465. The molecule has 30 heavy (non-hydrogen) atoms. The lowest BCUT2D eigenvalue weighted by Gasteiger charge is -2.13. The summed E-state index contributed by atoms with van der Waals surface area (Å²) in [4.78, 5) is 8.76. The molecular weight excluding hydrogens is 399 g/mol. The highest BCUT2D eigenvalue weighted by Crippen LogP contribution is 2.35. The first-order valence-corrected chi connectivity index (χ1v) is 8.97. The van der Waals surface area contributed by atoms with Gasteiger partial charge in [-0.25, -0.2) is 9.97 Å². The minimum absolute atomic E-state index is 0.0914. The summed E-state index contributed by atoms with van der Waals surface area (Å²) in [5.41, 5.74) is 0.774. The fourth-order valence-electron chi connectivity index (χ4n) is 3.11. The highest BCUT2D eigenvalue weighted by atomic mass is 19.4. The zero-order chi connectivity index (χ0) is 21.3. The van der Waals surface area contributed by atoms with Crippen molar-refractivity contribution >= 4 is 28.5 Å². The zero-order valence-corrected chi connectivity index (χ0v) is 16.1. The molecule has 0 aliphatic carbocycles. The van der Waals surface area contributed by atoms with Crippen LogP contribution in [-0.4, -0.2) is 28.7 Å². The average Bonchev–Trinajstić information content (AvgIpc) is 3.35. The largest absolute Gasteiger partial charge is 0.497 e. The third-order valence-electron chi connectivity index (χ3n) is 4.49. The molecule has 0 aliphatic heterocycles. The molecule has 156 valence electrons. The van der Waals surface area contributed by atoms with E-state index in [-0.39, 0.29) is 11.4 Å². The predicted molar refractivity (Wildman–Crippen MR) is 106 cm³/mol. The van der Waals surface area contributed by atoms with E-state index in [0.29, 0.717) is 23.8 Å². The summed E-state index contributed by atoms with van der Waals surface area (Å²) >= 11 is 0. The number of aromatic nitrogens is 3. The van der Waals surface area contributed by atoms with Gasteiger partial charge in [-0.3, -0.25) is 0 Å². The Morgan fingerprint density at radius 3 is 2.70 bits per heavy atom. The van der Waals surface area contributed by atoms with Crippen molar-refractivity contribution in [3.8, 4) is 5.75 Å². The van der Waals surface area contributed by atoms with Crippen LogP contribution in [0.4, 0.5) is 30.6 Å². The smallest absolute Gasteiger partial charge is 0.416 e. The number of nitrogens with zero attached hydrogens (tertiary/aromatic N) is 3. The molecule has 0 bridgehead atoms. The number of benzene rings is 1. The second-order valence-corrected chi connectivity index (χ2v) is 6.48. The lowest BCUT2D eigenvalue weighted by molar-refractivity contribution is -0.137. The van der Waals surface area contributed by atoms with Crippen LogP contribution in [0.5, 0.6) is 5.75 Å². The summed E-state index contributed by atoms with van der Waals surface area (Å²) in [6.07, 6.45) is -1.35. The van der Waals surface area contributed by atoms with Crippen molar-refractivity contribution in [1.82, 2.24) is 14.5 Å². The lowest BCUT2D eigenvalue weighted by atomic mass is 10.1. The van der Waals surface area contributed by atoms with Crippen LogP contribution >= 0.6 is 0 Å². The second-order valence-electron chi connectivity index (χ2n) is 6.48. The van der Waals surface area contributed by atoms with Crippen LogP contribution in [0.1, 0.15) is 11.3 Å². The number of alkyl halides is 3. The Kier molecular flexibility index (Phi) is 4.98. The lowest BCUT2D eigenvalue weighted by Crippen LogP contribution is -2.06. The summed E-state index contributed by atoms with van der Waals surface area (Å²) < 4.78 is 51.9. The van der Waals surface area contributed by atoms with Crippen molar-refractivity contribution in [3.05, 3.63) is 60.2 Å². The number of pyridine rings is 1. The normalized spacial score (nSPS) is 11.6. The maximum Gasteiger partial charge on any atom is 0.416 e. The van der Waals surface area contributed by atoms with Gasteiger partial charge in [0.05, 0.1) is 37.2 Å². The summed E-state index contributed by atoms with van der Waals surface area (Å²) in [5, 5.41) is 5.95. The highest BCUT2D eigenvalue weighted by molar-refractivity contribution is 5.81. The molecule has 4 aromatic rings. The Bertz CT molecular complexity index is 1170. The van der Waals surface area contributed by atoms with Crippen molar-refractivity contribution in [3.63, 3.8) is 0 Å². The number of imidazole rings is 1. The molecule has 0 unspecified atom stereocenters. The number of ether oxygens (including phenoxy) is 1. The molecule has 2 N–H and O–H groups in total. The van der Waals surface area contributed by atoms with Gasteiger partial charge in [-0.05, 0) is 24.3 Å². The molecule has 7 nitrogen and oxygen atoms in total. The van der Waals surface area contributed by atoms with Crippen LogP contribution in [0.2, 0.25) is 0 Å². The number of fused-ring (bicyclic) bond motifs is 1. The number of furan rings is 1. The van der Waals surface area contributed by atoms with Crippen molar-refractivity contribution in [2.75, 3.05) is 24.8 Å². The number of anilines is 3. The van der Waals surface area contributed by atoms with Crippen molar-refractivity contribution in [2.24, 2.45) is 0 Å². The average molecular weight is 417 g/mol. The molecule has 0 aliphatic rings. The molecule has 10 heteroatoms. The third kappa shape index (κ3) is 3.88. The Morgan fingerprint density at radius 1 is 1.20 bits per heavy atom. The van der Waals surface area contributed by atoms with E-state index in [1.165, 1.54) is 13.2 Å². The highest BCUT2D eigenvalue weighted by Gasteiger charge is 2.31. The van der Waals surface area contributed by atoms with E-state index >= 15 is 0 Å². The van der Waals surface area contributed by atoms with Crippen LogP contribution in [0.3, 0.4) is 0 Å². The molecule has 4 rings (SSSR count). The second kappa shape index (κ2) is 7.62. The van der Waals surface area contributed by atoms with Crippen molar-refractivity contribution < 1.29 is 22.3 Å². The zero-order valence-electron chi connectivity index (χ0n) is 16.1. The first-order chi connectivity index (χ1) is 14.4. The Hall–Kier alpha value is -3.69. The molecule has 3 aromatic heterocycles. The number of halogens is 3. The fraction of sp³-hybridized carbons (Fsp3) is 0.200. The fourth-order valence-corrected chi connectivity index (χ4v) is 3.11. The predicted octanol–water partition coefficient (Wildman–Crippen LogP) is 4.89. The minimum atomic E-state index is -4.49. The maximum atomic E-state index is 13.2. The summed E-state index contributed by atoms with van der Waals surface area (Å²) in [5.74, 6) is 1.81. The van der Waals surface area contributed by atoms with Gasteiger partial charge in [0.15, 0.2) is 0 Å². The first kappa shape index (κ1) is 19.6. The van der Waals surface area contributed by atoms with Gasteiger partial charge < -0.3 is 24.4 Å². The topological polar surface area (TPSA) is 77.1 Å². The first-order valence-electron chi connectivity index (χ1n) is 8.97. The van der Waals surface area contributed by atoms with Gasteiger partial charge in [0.2, 0.25) is 5.95 Å². The molecule has 0 saturated carbocycles. The summed E-state index contributed by atoms with van der Waals surface area (Å²) in [6.45, 7) is 0.431. The van der Waals surface area contributed by atoms with Crippen LogP contribution in [0, 0.1) is 0 Å². The van der Waals surface area contributed by atoms with Gasteiger partial charge in [-0.2, -0.15) is 13.2 Å². The molecule has 0 fully saturated rings. The van der Waals surface area contributed by atoms with E-state index in [2.05, 4.69) is 20.6 Å². The van der Waals surface area contributed by atoms with Gasteiger partial charge in [-0.15, -0.1) is 0 Å². The van der Waals surface area contributed by atoms with Gasteiger partial charge in [-0.1, -0.05) is 0 Å². The molecule has 0 saturated heterocycles. The molecule has 0 atom stereocenters. The van der Waals surface area contributed by atoms with Crippen LogP contribution in [-0.2, 0) is 12.7 Å². The van der Waals surface area contributed by atoms with Crippen LogP contribution in [0.25, 0.3) is 11.0 Å². The van der Waals surface area contributed by atoms with E-state index in [0.717, 1.165) is 23.4 Å². The minimum Gasteiger partial charge on any atom is -0.497 e. The van der Waals surface area contributed by atoms with Crippen LogP contribution in [0.15, 0.2) is 53.3 Å². The molecule has 3 heterocycles. The number of hydrogen-bond acceptors (Lipinski definition) is 6. The van der Waals surface area contributed by atoms with Gasteiger partial charge in [0.25, 0.3) is 0 Å². The number of methoxy groups -OCH3 is 1. The SMILES string of the molecule is CNc1nc2cnc(Nc3cc(OC)cc(C(F)(F)F)c3)cc2n1Cc1ccco1. The molecule has 0 radical (unpaired) electrons.